The van der Waals surface area contributed by atoms with Gasteiger partial charge in [0.25, 0.3) is 5.91 Å². The Balaban J connectivity index is 1.92. The fourth-order valence-corrected chi connectivity index (χ4v) is 3.46. The summed E-state index contributed by atoms with van der Waals surface area (Å²) in [7, 11) is -0.636. The van der Waals surface area contributed by atoms with E-state index in [-0.39, 0.29) is 23.1 Å². The van der Waals surface area contributed by atoms with Gasteiger partial charge in [0.15, 0.2) is 0 Å². The van der Waals surface area contributed by atoms with Crippen molar-refractivity contribution in [1.29, 1.82) is 0 Å². The van der Waals surface area contributed by atoms with Crippen LogP contribution in [0.4, 0.5) is 11.4 Å². The molecule has 2 N–H and O–H groups in total. The monoisotopic (exact) mass is 468 g/mol. The molecular formula is C25H30BClN2O4. The number of hydrogen-bond donors (Lipinski definition) is 2. The summed E-state index contributed by atoms with van der Waals surface area (Å²) >= 11 is 5.66. The van der Waals surface area contributed by atoms with Gasteiger partial charge in [-0.05, 0) is 56.0 Å². The van der Waals surface area contributed by atoms with Crippen molar-refractivity contribution in [2.24, 2.45) is 0 Å². The summed E-state index contributed by atoms with van der Waals surface area (Å²) in [6.45, 7) is 15.9. The van der Waals surface area contributed by atoms with Crippen LogP contribution in [0, 0.1) is 6.92 Å². The molecule has 3 rings (SSSR count). The molecule has 33 heavy (non-hydrogen) atoms. The van der Waals surface area contributed by atoms with Crippen molar-refractivity contribution in [3.63, 3.8) is 0 Å². The van der Waals surface area contributed by atoms with Crippen LogP contribution in [-0.2, 0) is 19.5 Å². The number of benzene rings is 2. The van der Waals surface area contributed by atoms with E-state index in [0.717, 1.165) is 16.6 Å². The number of carbonyl (C=O) groups is 2. The lowest BCUT2D eigenvalue weighted by atomic mass is 9.75. The number of alkyl halides is 1. The Labute approximate surface area is 200 Å². The van der Waals surface area contributed by atoms with Crippen LogP contribution >= 0.6 is 11.6 Å². The molecule has 2 aromatic rings. The molecule has 0 saturated carbocycles. The van der Waals surface area contributed by atoms with Crippen molar-refractivity contribution in [3.05, 3.63) is 65.4 Å². The van der Waals surface area contributed by atoms with Gasteiger partial charge < -0.3 is 19.9 Å². The average molecular weight is 469 g/mol. The normalized spacial score (nSPS) is 15.2. The largest absolute Gasteiger partial charge is 0.563 e. The van der Waals surface area contributed by atoms with Gasteiger partial charge in [0.1, 0.15) is 11.5 Å². The third-order valence-electron chi connectivity index (χ3n) is 5.65. The van der Waals surface area contributed by atoms with E-state index < -0.39 is 12.7 Å². The van der Waals surface area contributed by atoms with E-state index in [2.05, 4.69) is 38.0 Å². The van der Waals surface area contributed by atoms with Gasteiger partial charge >= 0.3 is 7.12 Å². The lowest BCUT2D eigenvalue weighted by molar-refractivity contribution is -0.113. The van der Waals surface area contributed by atoms with Gasteiger partial charge in [-0.2, -0.15) is 0 Å². The molecule has 0 aromatic heterocycles. The molecule has 1 fully saturated rings. The minimum absolute atomic E-state index is 0.141. The Bertz CT molecular complexity index is 1110. The van der Waals surface area contributed by atoms with Crippen LogP contribution in [-0.4, -0.2) is 30.4 Å². The zero-order chi connectivity index (χ0) is 24.6. The second-order valence-electron chi connectivity index (χ2n) is 9.72. The van der Waals surface area contributed by atoms with Crippen LogP contribution in [0.5, 0.6) is 0 Å². The molecule has 174 valence electrons. The molecule has 6 nitrogen and oxygen atoms in total. The Morgan fingerprint density at radius 1 is 1.09 bits per heavy atom. The minimum Gasteiger partial charge on any atom is -0.534 e. The predicted molar refractivity (Wildman–Crippen MR) is 134 cm³/mol. The Kier molecular flexibility index (Phi) is 6.96. The number of rotatable bonds is 5. The molecule has 1 aliphatic heterocycles. The Morgan fingerprint density at radius 2 is 1.79 bits per heavy atom. The predicted octanol–water partition coefficient (Wildman–Crippen LogP) is 4.76. The van der Waals surface area contributed by atoms with Crippen molar-refractivity contribution in [3.8, 4) is 0 Å². The second kappa shape index (κ2) is 9.24. The first kappa shape index (κ1) is 24.9. The second-order valence-corrected chi connectivity index (χ2v) is 9.99. The molecule has 0 spiro atoms. The van der Waals surface area contributed by atoms with Crippen molar-refractivity contribution >= 4 is 47.4 Å². The maximum absolute atomic E-state index is 13.2. The fourth-order valence-electron chi connectivity index (χ4n) is 3.39. The van der Waals surface area contributed by atoms with Crippen LogP contribution in [0.1, 0.15) is 56.1 Å². The molecule has 0 unspecified atom stereocenters. The van der Waals surface area contributed by atoms with E-state index in [1.165, 1.54) is 0 Å². The molecule has 2 amide bonds. The van der Waals surface area contributed by atoms with Gasteiger partial charge in [0, 0.05) is 11.0 Å². The van der Waals surface area contributed by atoms with Crippen LogP contribution in [0.3, 0.4) is 0 Å². The van der Waals surface area contributed by atoms with E-state index >= 15 is 0 Å². The molecular weight excluding hydrogens is 439 g/mol. The first-order chi connectivity index (χ1) is 15.3. The SMILES string of the molecule is C=C1OB(c2cc(C(=O)Nc3cc(C(C)(C)C)ccc3NC(=O)CCl)ccc2C)OC1(C)C. The number of anilines is 2. The van der Waals surface area contributed by atoms with Gasteiger partial charge in [0.05, 0.1) is 17.1 Å². The molecule has 2 aromatic carbocycles. The van der Waals surface area contributed by atoms with Crippen molar-refractivity contribution in [2.75, 3.05) is 16.5 Å². The standard InChI is InChI=1S/C25H30BClN2O4/c1-15-8-9-17(12-19(15)26-32-16(2)25(6,7)33-26)23(31)29-21-13-18(24(3,4)5)10-11-20(21)28-22(30)14-27/h8-13H,2,14H2,1,3-7H3,(H,28,30)(H,29,31). The summed E-state index contributed by atoms with van der Waals surface area (Å²) in [4.78, 5) is 25.1. The van der Waals surface area contributed by atoms with E-state index in [9.17, 15) is 9.59 Å². The van der Waals surface area contributed by atoms with Crippen LogP contribution < -0.4 is 16.1 Å². The third-order valence-corrected chi connectivity index (χ3v) is 5.89. The highest BCUT2D eigenvalue weighted by molar-refractivity contribution is 6.63. The molecule has 1 saturated heterocycles. The molecule has 1 aliphatic rings. The van der Waals surface area contributed by atoms with Crippen molar-refractivity contribution < 1.29 is 18.9 Å². The highest BCUT2D eigenvalue weighted by Crippen LogP contribution is 2.31. The van der Waals surface area contributed by atoms with Crippen LogP contribution in [0.2, 0.25) is 0 Å². The highest BCUT2D eigenvalue weighted by atomic mass is 35.5. The summed E-state index contributed by atoms with van der Waals surface area (Å²) in [6.07, 6.45) is 0. The first-order valence-electron chi connectivity index (χ1n) is 10.8. The van der Waals surface area contributed by atoms with Crippen molar-refractivity contribution in [1.82, 2.24) is 0 Å². The molecule has 0 bridgehead atoms. The number of hydrogen-bond acceptors (Lipinski definition) is 4. The van der Waals surface area contributed by atoms with E-state index in [1.807, 2.05) is 39.0 Å². The molecule has 1 heterocycles. The number of amides is 2. The number of nitrogens with one attached hydrogen (secondary N) is 2. The van der Waals surface area contributed by atoms with E-state index in [0.29, 0.717) is 22.7 Å². The average Bonchev–Trinajstić information content (AvgIpc) is 3.00. The summed E-state index contributed by atoms with van der Waals surface area (Å²) in [5.74, 6) is -0.314. The number of halogens is 1. The van der Waals surface area contributed by atoms with Gasteiger partial charge in [-0.15, -0.1) is 11.6 Å². The highest BCUT2D eigenvalue weighted by Gasteiger charge is 2.43. The lowest BCUT2D eigenvalue weighted by Gasteiger charge is -2.22. The number of aryl methyl sites for hydroxylation is 1. The van der Waals surface area contributed by atoms with E-state index in [4.69, 9.17) is 20.9 Å². The quantitative estimate of drug-likeness (QED) is 0.490. The summed E-state index contributed by atoms with van der Waals surface area (Å²) in [5.41, 5.74) is 3.37. The van der Waals surface area contributed by atoms with Gasteiger partial charge in [0.2, 0.25) is 5.91 Å². The zero-order valence-electron chi connectivity index (χ0n) is 20.0. The Morgan fingerprint density at radius 3 is 2.36 bits per heavy atom. The third kappa shape index (κ3) is 5.60. The molecule has 0 atom stereocenters. The smallest absolute Gasteiger partial charge is 0.534 e. The maximum atomic E-state index is 13.2. The first-order valence-corrected chi connectivity index (χ1v) is 11.3. The van der Waals surface area contributed by atoms with Crippen LogP contribution in [0.25, 0.3) is 0 Å². The molecule has 0 radical (unpaired) electrons. The summed E-state index contributed by atoms with van der Waals surface area (Å²) in [6, 6.07) is 10.9. The maximum Gasteiger partial charge on any atom is 0.563 e. The van der Waals surface area contributed by atoms with Gasteiger partial charge in [-0.3, -0.25) is 9.59 Å². The minimum atomic E-state index is -0.636. The molecule has 8 heteroatoms. The zero-order valence-corrected chi connectivity index (χ0v) is 20.7. The Hall–Kier alpha value is -2.77. The lowest BCUT2D eigenvalue weighted by Crippen LogP contribution is -2.36. The fraction of sp³-hybridized carbons (Fsp3) is 0.360. The summed E-state index contributed by atoms with van der Waals surface area (Å²) in [5, 5.41) is 5.67. The van der Waals surface area contributed by atoms with Gasteiger partial charge in [-0.25, -0.2) is 0 Å². The topological polar surface area (TPSA) is 76.7 Å². The van der Waals surface area contributed by atoms with Gasteiger partial charge in [-0.1, -0.05) is 45.0 Å². The summed E-state index contributed by atoms with van der Waals surface area (Å²) < 4.78 is 11.8. The van der Waals surface area contributed by atoms with Crippen LogP contribution in [0.15, 0.2) is 48.7 Å². The van der Waals surface area contributed by atoms with E-state index in [1.54, 1.807) is 18.2 Å². The van der Waals surface area contributed by atoms with Crippen molar-refractivity contribution in [2.45, 2.75) is 52.6 Å². The number of carbonyl (C=O) groups excluding carboxylic acids is 2. The molecule has 0 aliphatic carbocycles.